The molecule has 96 valence electrons. The van der Waals surface area contributed by atoms with E-state index in [9.17, 15) is 4.79 Å². The summed E-state index contributed by atoms with van der Waals surface area (Å²) >= 11 is 0. The third-order valence-electron chi connectivity index (χ3n) is 2.45. The van der Waals surface area contributed by atoms with Crippen molar-refractivity contribution in [1.82, 2.24) is 5.32 Å². The summed E-state index contributed by atoms with van der Waals surface area (Å²) in [6.45, 7) is 2.97. The number of rotatable bonds is 6. The van der Waals surface area contributed by atoms with Crippen LogP contribution in [0.2, 0.25) is 0 Å². The molecule has 2 N–H and O–H groups in total. The van der Waals surface area contributed by atoms with E-state index in [-0.39, 0.29) is 12.5 Å². The highest BCUT2D eigenvalue weighted by Crippen LogP contribution is 2.17. The predicted molar refractivity (Wildman–Crippen MR) is 69.3 cm³/mol. The minimum absolute atomic E-state index is 0.127. The van der Waals surface area contributed by atoms with Crippen LogP contribution in [-0.2, 0) is 9.53 Å². The van der Waals surface area contributed by atoms with Gasteiger partial charge in [0.25, 0.3) is 0 Å². The van der Waals surface area contributed by atoms with Gasteiger partial charge >= 0.3 is 0 Å². The molecule has 0 fully saturated rings. The van der Waals surface area contributed by atoms with Gasteiger partial charge in [-0.3, -0.25) is 4.79 Å². The molecule has 1 aromatic rings. The highest BCUT2D eigenvalue weighted by molar-refractivity contribution is 5.81. The number of methoxy groups -OCH3 is 1. The lowest BCUT2D eigenvalue weighted by Gasteiger charge is -2.10. The molecule has 0 aliphatic heterocycles. The Balaban J connectivity index is 2.51. The van der Waals surface area contributed by atoms with Crippen molar-refractivity contribution in [2.45, 2.75) is 6.92 Å². The van der Waals surface area contributed by atoms with Gasteiger partial charge < -0.3 is 15.4 Å². The Hall–Kier alpha value is -2.06. The van der Waals surface area contributed by atoms with E-state index in [1.165, 1.54) is 0 Å². The van der Waals surface area contributed by atoms with Crippen LogP contribution < -0.4 is 10.6 Å². The van der Waals surface area contributed by atoms with E-state index >= 15 is 0 Å². The lowest BCUT2D eigenvalue weighted by molar-refractivity contribution is -0.119. The van der Waals surface area contributed by atoms with Gasteiger partial charge in [-0.1, -0.05) is 12.1 Å². The van der Waals surface area contributed by atoms with Crippen LogP contribution in [0.4, 0.5) is 5.69 Å². The van der Waals surface area contributed by atoms with E-state index in [1.807, 2.05) is 19.1 Å². The van der Waals surface area contributed by atoms with Gasteiger partial charge in [0.1, 0.15) is 6.07 Å². The largest absolute Gasteiger partial charge is 0.383 e. The summed E-state index contributed by atoms with van der Waals surface area (Å²) in [7, 11) is 1.58. The molecule has 0 saturated heterocycles. The van der Waals surface area contributed by atoms with Crippen LogP contribution in [0.1, 0.15) is 11.1 Å². The van der Waals surface area contributed by atoms with Gasteiger partial charge in [-0.2, -0.15) is 5.26 Å². The molecule has 0 aliphatic carbocycles. The number of carbonyl (C=O) groups is 1. The first-order valence-corrected chi connectivity index (χ1v) is 5.68. The highest BCUT2D eigenvalue weighted by Gasteiger charge is 2.06. The molecule has 0 atom stereocenters. The number of hydrogen-bond donors (Lipinski definition) is 2. The molecule has 0 aliphatic rings. The molecule has 5 heteroatoms. The van der Waals surface area contributed by atoms with E-state index in [0.717, 1.165) is 5.56 Å². The first-order chi connectivity index (χ1) is 8.69. The number of hydrogen-bond acceptors (Lipinski definition) is 4. The standard InChI is InChI=1S/C13H17N3O2/c1-10-4-3-5-12(11(10)8-14)16-9-13(17)15-6-7-18-2/h3-5,16H,6-7,9H2,1-2H3,(H,15,17). The summed E-state index contributed by atoms with van der Waals surface area (Å²) in [4.78, 5) is 11.5. The number of ether oxygens (including phenoxy) is 1. The zero-order chi connectivity index (χ0) is 13.4. The maximum atomic E-state index is 11.5. The van der Waals surface area contributed by atoms with Crippen LogP contribution in [0.3, 0.4) is 0 Å². The van der Waals surface area contributed by atoms with Crippen LogP contribution in [0.25, 0.3) is 0 Å². The number of anilines is 1. The summed E-state index contributed by atoms with van der Waals surface area (Å²) in [5.41, 5.74) is 2.14. The third kappa shape index (κ3) is 4.07. The van der Waals surface area contributed by atoms with Crippen molar-refractivity contribution in [3.8, 4) is 6.07 Å². The summed E-state index contributed by atoms with van der Waals surface area (Å²) in [5, 5.41) is 14.7. The fraction of sp³-hybridized carbons (Fsp3) is 0.385. The monoisotopic (exact) mass is 247 g/mol. The number of nitrogens with one attached hydrogen (secondary N) is 2. The summed E-state index contributed by atoms with van der Waals surface area (Å²) in [6, 6.07) is 7.62. The van der Waals surface area contributed by atoms with Crippen molar-refractivity contribution in [2.75, 3.05) is 32.1 Å². The van der Waals surface area contributed by atoms with Crippen molar-refractivity contribution < 1.29 is 9.53 Å². The third-order valence-corrected chi connectivity index (χ3v) is 2.45. The van der Waals surface area contributed by atoms with Crippen molar-refractivity contribution in [3.63, 3.8) is 0 Å². The fourth-order valence-corrected chi connectivity index (χ4v) is 1.49. The number of benzene rings is 1. The van der Waals surface area contributed by atoms with Gasteiger partial charge in [0.05, 0.1) is 24.4 Å². The Morgan fingerprint density at radius 2 is 2.28 bits per heavy atom. The normalized spacial score (nSPS) is 9.61. The lowest BCUT2D eigenvalue weighted by atomic mass is 10.1. The Morgan fingerprint density at radius 1 is 1.50 bits per heavy atom. The SMILES string of the molecule is COCCNC(=O)CNc1cccc(C)c1C#N. The molecule has 18 heavy (non-hydrogen) atoms. The van der Waals surface area contributed by atoms with E-state index in [1.54, 1.807) is 13.2 Å². The van der Waals surface area contributed by atoms with Crippen LogP contribution >= 0.6 is 0 Å². The first-order valence-electron chi connectivity index (χ1n) is 5.68. The smallest absolute Gasteiger partial charge is 0.239 e. The minimum Gasteiger partial charge on any atom is -0.383 e. The van der Waals surface area contributed by atoms with Crippen molar-refractivity contribution >= 4 is 11.6 Å². The van der Waals surface area contributed by atoms with Crippen molar-refractivity contribution in [1.29, 1.82) is 5.26 Å². The molecule has 5 nitrogen and oxygen atoms in total. The Labute approximate surface area is 107 Å². The number of carbonyl (C=O) groups excluding carboxylic acids is 1. The van der Waals surface area contributed by atoms with Crippen molar-refractivity contribution in [2.24, 2.45) is 0 Å². The first kappa shape index (κ1) is 14.0. The number of nitrogens with zero attached hydrogens (tertiary/aromatic N) is 1. The average Bonchev–Trinajstić information content (AvgIpc) is 2.36. The number of aryl methyl sites for hydroxylation is 1. The van der Waals surface area contributed by atoms with Gasteiger partial charge in [-0.05, 0) is 18.6 Å². The molecular weight excluding hydrogens is 230 g/mol. The number of amides is 1. The second-order valence-electron chi connectivity index (χ2n) is 3.81. The van der Waals surface area contributed by atoms with Crippen molar-refractivity contribution in [3.05, 3.63) is 29.3 Å². The quantitative estimate of drug-likeness (QED) is 0.737. The highest BCUT2D eigenvalue weighted by atomic mass is 16.5. The molecule has 1 rings (SSSR count). The van der Waals surface area contributed by atoms with Crippen LogP contribution in [0, 0.1) is 18.3 Å². The zero-order valence-corrected chi connectivity index (χ0v) is 10.6. The maximum absolute atomic E-state index is 11.5. The number of nitriles is 1. The maximum Gasteiger partial charge on any atom is 0.239 e. The van der Waals surface area contributed by atoms with Gasteiger partial charge in [0, 0.05) is 13.7 Å². The van der Waals surface area contributed by atoms with Crippen LogP contribution in [-0.4, -0.2) is 32.7 Å². The molecule has 0 bridgehead atoms. The molecule has 1 aromatic carbocycles. The van der Waals surface area contributed by atoms with Gasteiger partial charge in [-0.25, -0.2) is 0 Å². The fourth-order valence-electron chi connectivity index (χ4n) is 1.49. The minimum atomic E-state index is -0.127. The van der Waals surface area contributed by atoms with Crippen LogP contribution in [0.5, 0.6) is 0 Å². The van der Waals surface area contributed by atoms with Crippen LogP contribution in [0.15, 0.2) is 18.2 Å². The topological polar surface area (TPSA) is 74.2 Å². The molecule has 0 spiro atoms. The molecule has 0 heterocycles. The van der Waals surface area contributed by atoms with Gasteiger partial charge in [0.15, 0.2) is 0 Å². The lowest BCUT2D eigenvalue weighted by Crippen LogP contribution is -2.32. The molecule has 0 aromatic heterocycles. The Bertz CT molecular complexity index is 452. The molecule has 0 unspecified atom stereocenters. The van der Waals surface area contributed by atoms with E-state index < -0.39 is 0 Å². The van der Waals surface area contributed by atoms with E-state index in [4.69, 9.17) is 10.00 Å². The van der Waals surface area contributed by atoms with Gasteiger partial charge in [-0.15, -0.1) is 0 Å². The predicted octanol–water partition coefficient (Wildman–Crippen LogP) is 1.04. The molecule has 0 radical (unpaired) electrons. The van der Waals surface area contributed by atoms with E-state index in [0.29, 0.717) is 24.4 Å². The molecule has 0 saturated carbocycles. The Kier molecular flexibility index (Phi) is 5.68. The average molecular weight is 247 g/mol. The van der Waals surface area contributed by atoms with E-state index in [2.05, 4.69) is 16.7 Å². The van der Waals surface area contributed by atoms with Gasteiger partial charge in [0.2, 0.25) is 5.91 Å². The zero-order valence-electron chi connectivity index (χ0n) is 10.6. The molecular formula is C13H17N3O2. The second-order valence-corrected chi connectivity index (χ2v) is 3.81. The Morgan fingerprint density at radius 3 is 2.94 bits per heavy atom. The summed E-state index contributed by atoms with van der Waals surface area (Å²) in [6.07, 6.45) is 0. The second kappa shape index (κ2) is 7.30. The summed E-state index contributed by atoms with van der Waals surface area (Å²) in [5.74, 6) is -0.127. The summed E-state index contributed by atoms with van der Waals surface area (Å²) < 4.78 is 4.83. The molecule has 1 amide bonds.